The van der Waals surface area contributed by atoms with Crippen LogP contribution < -0.4 is 5.56 Å². The fourth-order valence-corrected chi connectivity index (χ4v) is 4.63. The van der Waals surface area contributed by atoms with Gasteiger partial charge in [0, 0.05) is 56.3 Å². The monoisotopic (exact) mass is 369 g/mol. The number of likely N-dealkylation sites (tertiary alicyclic amines) is 1. The molecule has 1 atom stereocenters. The number of hydrogen-bond donors (Lipinski definition) is 0. The number of carbonyl (C=O) groups is 1. The minimum absolute atomic E-state index is 0.0462. The van der Waals surface area contributed by atoms with Crippen LogP contribution in [0.3, 0.4) is 0 Å². The fourth-order valence-electron chi connectivity index (χ4n) is 4.63. The van der Waals surface area contributed by atoms with Crippen LogP contribution in [0.15, 0.2) is 10.9 Å². The zero-order valence-corrected chi connectivity index (χ0v) is 16.4. The lowest BCUT2D eigenvalue weighted by Gasteiger charge is -2.34. The lowest BCUT2D eigenvalue weighted by molar-refractivity contribution is 0.0692. The maximum atomic E-state index is 13.2. The highest BCUT2D eigenvalue weighted by molar-refractivity contribution is 5.94. The predicted molar refractivity (Wildman–Crippen MR) is 102 cm³/mol. The van der Waals surface area contributed by atoms with Crippen molar-refractivity contribution in [3.63, 3.8) is 0 Å². The first-order valence-electron chi connectivity index (χ1n) is 9.92. The molecule has 4 heterocycles. The van der Waals surface area contributed by atoms with Crippen LogP contribution in [0.25, 0.3) is 0 Å². The van der Waals surface area contributed by atoms with E-state index in [2.05, 4.69) is 21.6 Å². The Labute approximate surface area is 159 Å². The topological polar surface area (TPSA) is 73.0 Å². The number of hydrogen-bond acceptors (Lipinski definition) is 4. The quantitative estimate of drug-likeness (QED) is 0.827. The number of rotatable bonds is 3. The first-order valence-corrected chi connectivity index (χ1v) is 9.92. The molecule has 2 aromatic rings. The van der Waals surface area contributed by atoms with E-state index in [4.69, 9.17) is 0 Å². The molecule has 27 heavy (non-hydrogen) atoms. The van der Waals surface area contributed by atoms with Gasteiger partial charge in [0.25, 0.3) is 11.5 Å². The summed E-state index contributed by atoms with van der Waals surface area (Å²) in [5.74, 6) is 1.13. The van der Waals surface area contributed by atoms with E-state index in [0.717, 1.165) is 68.0 Å². The number of carbonyl (C=O) groups excluding carboxylic acids is 1. The summed E-state index contributed by atoms with van der Waals surface area (Å²) in [6.07, 6.45) is 4.66. The molecule has 144 valence electrons. The molecule has 2 aliphatic heterocycles. The molecular formula is C20H27N5O2. The second-order valence-electron chi connectivity index (χ2n) is 7.68. The van der Waals surface area contributed by atoms with Crippen molar-refractivity contribution in [3.05, 3.63) is 44.9 Å². The molecular weight excluding hydrogens is 342 g/mol. The van der Waals surface area contributed by atoms with Gasteiger partial charge in [-0.2, -0.15) is 10.1 Å². The highest BCUT2D eigenvalue weighted by atomic mass is 16.2. The zero-order chi connectivity index (χ0) is 19.1. The predicted octanol–water partition coefficient (Wildman–Crippen LogP) is 1.81. The second-order valence-corrected chi connectivity index (χ2v) is 7.68. The van der Waals surface area contributed by atoms with E-state index in [1.807, 2.05) is 18.9 Å². The van der Waals surface area contributed by atoms with Crippen molar-refractivity contribution in [2.24, 2.45) is 7.05 Å². The maximum absolute atomic E-state index is 13.2. The van der Waals surface area contributed by atoms with Gasteiger partial charge in [-0.25, -0.2) is 0 Å². The van der Waals surface area contributed by atoms with Crippen molar-refractivity contribution in [2.75, 3.05) is 13.1 Å². The van der Waals surface area contributed by atoms with E-state index in [0.29, 0.717) is 12.2 Å². The number of nitrogens with zero attached hydrogens (tertiary/aromatic N) is 5. The van der Waals surface area contributed by atoms with Crippen molar-refractivity contribution in [2.45, 2.75) is 58.4 Å². The summed E-state index contributed by atoms with van der Waals surface area (Å²) in [7, 11) is 1.84. The molecule has 0 aromatic carbocycles. The minimum Gasteiger partial charge on any atom is -0.337 e. The van der Waals surface area contributed by atoms with Crippen LogP contribution in [0.5, 0.6) is 0 Å². The molecule has 0 bridgehead atoms. The summed E-state index contributed by atoms with van der Waals surface area (Å²) in [6.45, 7) is 6.36. The molecule has 1 saturated heterocycles. The molecule has 2 aliphatic rings. The summed E-state index contributed by atoms with van der Waals surface area (Å²) < 4.78 is 3.92. The Morgan fingerprint density at radius 2 is 2.11 bits per heavy atom. The van der Waals surface area contributed by atoms with Gasteiger partial charge in [0.1, 0.15) is 11.5 Å². The van der Waals surface area contributed by atoms with Gasteiger partial charge in [-0.05, 0) is 32.6 Å². The van der Waals surface area contributed by atoms with Gasteiger partial charge in [0.15, 0.2) is 0 Å². The molecule has 7 heteroatoms. The van der Waals surface area contributed by atoms with Crippen molar-refractivity contribution < 1.29 is 4.79 Å². The zero-order valence-electron chi connectivity index (χ0n) is 16.4. The van der Waals surface area contributed by atoms with E-state index >= 15 is 0 Å². The molecule has 0 spiro atoms. The van der Waals surface area contributed by atoms with Gasteiger partial charge in [0.2, 0.25) is 0 Å². The first-order chi connectivity index (χ1) is 13.0. The largest absolute Gasteiger partial charge is 0.337 e. The van der Waals surface area contributed by atoms with Crippen LogP contribution in [-0.2, 0) is 26.4 Å². The van der Waals surface area contributed by atoms with Crippen LogP contribution in [0.2, 0.25) is 0 Å². The Bertz CT molecular complexity index is 943. The van der Waals surface area contributed by atoms with Gasteiger partial charge in [-0.15, -0.1) is 0 Å². The number of fused-ring (bicyclic) bond motifs is 1. The number of aromatic nitrogens is 4. The first kappa shape index (κ1) is 17.9. The maximum Gasteiger partial charge on any atom is 0.273 e. The molecule has 1 amide bonds. The van der Waals surface area contributed by atoms with E-state index in [1.165, 1.54) is 0 Å². The summed E-state index contributed by atoms with van der Waals surface area (Å²) in [6, 6.07) is 1.68. The van der Waals surface area contributed by atoms with Crippen molar-refractivity contribution in [3.8, 4) is 0 Å². The third kappa shape index (κ3) is 3.09. The van der Waals surface area contributed by atoms with Crippen molar-refractivity contribution in [1.82, 2.24) is 24.2 Å². The molecule has 7 nitrogen and oxygen atoms in total. The Hall–Kier alpha value is -2.44. The lowest BCUT2D eigenvalue weighted by atomic mass is 9.93. The lowest BCUT2D eigenvalue weighted by Crippen LogP contribution is -2.41. The second kappa shape index (κ2) is 6.94. The van der Waals surface area contributed by atoms with Crippen molar-refractivity contribution in [1.29, 1.82) is 0 Å². The molecule has 0 N–H and O–H groups in total. The van der Waals surface area contributed by atoms with E-state index in [1.54, 1.807) is 10.7 Å². The van der Waals surface area contributed by atoms with E-state index < -0.39 is 0 Å². The number of amides is 1. The standard InChI is InChI=1S/C20H27N5O2/c1-4-15-13(2)19(23(3)22-15)20(27)24-9-5-7-14(12-24)16-11-18(26)21-17-8-6-10-25(16)17/h11,14H,4-10,12H2,1-3H3/t14-/m0/s1. The van der Waals surface area contributed by atoms with Crippen LogP contribution in [0.4, 0.5) is 0 Å². The molecule has 0 unspecified atom stereocenters. The Morgan fingerprint density at radius 3 is 2.85 bits per heavy atom. The van der Waals surface area contributed by atoms with Gasteiger partial charge in [-0.1, -0.05) is 6.92 Å². The van der Waals surface area contributed by atoms with Crippen LogP contribution in [-0.4, -0.2) is 43.2 Å². The van der Waals surface area contributed by atoms with Gasteiger partial charge < -0.3 is 9.47 Å². The van der Waals surface area contributed by atoms with Crippen LogP contribution >= 0.6 is 0 Å². The number of piperidine rings is 1. The Kier molecular flexibility index (Phi) is 4.61. The van der Waals surface area contributed by atoms with Crippen LogP contribution in [0.1, 0.15) is 65.4 Å². The molecule has 4 rings (SSSR count). The normalized spacial score (nSPS) is 19.4. The van der Waals surface area contributed by atoms with Crippen molar-refractivity contribution >= 4 is 5.91 Å². The third-order valence-corrected chi connectivity index (χ3v) is 5.96. The summed E-state index contributed by atoms with van der Waals surface area (Å²) in [4.78, 5) is 31.4. The average Bonchev–Trinajstić information content (AvgIpc) is 3.24. The smallest absolute Gasteiger partial charge is 0.273 e. The highest BCUT2D eigenvalue weighted by Crippen LogP contribution is 2.29. The Balaban J connectivity index is 1.62. The fraction of sp³-hybridized carbons (Fsp3) is 0.600. The van der Waals surface area contributed by atoms with Gasteiger partial charge in [0.05, 0.1) is 5.69 Å². The Morgan fingerprint density at radius 1 is 1.30 bits per heavy atom. The average molecular weight is 369 g/mol. The van der Waals surface area contributed by atoms with E-state index in [-0.39, 0.29) is 17.4 Å². The molecule has 0 saturated carbocycles. The molecule has 1 fully saturated rings. The SMILES string of the molecule is CCc1nn(C)c(C(=O)N2CCC[C@H](c3cc(=O)nc4n3CCC4)C2)c1C. The molecule has 0 radical (unpaired) electrons. The third-order valence-electron chi connectivity index (χ3n) is 5.96. The molecule has 2 aromatic heterocycles. The highest BCUT2D eigenvalue weighted by Gasteiger charge is 2.31. The van der Waals surface area contributed by atoms with E-state index in [9.17, 15) is 9.59 Å². The summed E-state index contributed by atoms with van der Waals surface area (Å²) >= 11 is 0. The van der Waals surface area contributed by atoms with Gasteiger partial charge in [-0.3, -0.25) is 14.3 Å². The van der Waals surface area contributed by atoms with Gasteiger partial charge >= 0.3 is 0 Å². The number of aryl methyl sites for hydroxylation is 3. The minimum atomic E-state index is -0.156. The summed E-state index contributed by atoms with van der Waals surface area (Å²) in [5.41, 5.74) is 3.54. The summed E-state index contributed by atoms with van der Waals surface area (Å²) in [5, 5.41) is 4.50. The molecule has 0 aliphatic carbocycles. The van der Waals surface area contributed by atoms with Crippen LogP contribution in [0, 0.1) is 6.92 Å².